The number of hydrogen-bond acceptors (Lipinski definition) is 2. The molecule has 18 heavy (non-hydrogen) atoms. The van der Waals surface area contributed by atoms with Crippen molar-refractivity contribution in [2.45, 2.75) is 88.8 Å². The summed E-state index contributed by atoms with van der Waals surface area (Å²) in [5.74, 6) is 0.999. The summed E-state index contributed by atoms with van der Waals surface area (Å²) in [6, 6.07) is 1.59. The molecule has 2 N–H and O–H groups in total. The third-order valence-electron chi connectivity index (χ3n) is 5.96. The van der Waals surface area contributed by atoms with E-state index in [4.69, 9.17) is 0 Å². The van der Waals surface area contributed by atoms with Gasteiger partial charge in [0.05, 0.1) is 0 Å². The van der Waals surface area contributed by atoms with Crippen molar-refractivity contribution >= 4 is 0 Å². The third kappa shape index (κ3) is 2.60. The van der Waals surface area contributed by atoms with Crippen LogP contribution in [-0.4, -0.2) is 24.2 Å². The lowest BCUT2D eigenvalue weighted by molar-refractivity contribution is 0.140. The van der Waals surface area contributed by atoms with Gasteiger partial charge in [0.2, 0.25) is 0 Å². The molecule has 0 spiro atoms. The Morgan fingerprint density at radius 3 is 2.61 bits per heavy atom. The molecule has 3 fully saturated rings. The summed E-state index contributed by atoms with van der Waals surface area (Å²) in [4.78, 5) is 0. The van der Waals surface area contributed by atoms with Crippen LogP contribution in [0.5, 0.6) is 0 Å². The Kier molecular flexibility index (Phi) is 3.95. The molecule has 0 aromatic heterocycles. The fourth-order valence-electron chi connectivity index (χ4n) is 4.33. The molecule has 2 aliphatic carbocycles. The molecule has 2 nitrogen and oxygen atoms in total. The van der Waals surface area contributed by atoms with Crippen LogP contribution in [0.2, 0.25) is 0 Å². The highest BCUT2D eigenvalue weighted by molar-refractivity contribution is 4.97. The summed E-state index contributed by atoms with van der Waals surface area (Å²) >= 11 is 0. The number of fused-ring (bicyclic) bond motifs is 1. The van der Waals surface area contributed by atoms with Crippen molar-refractivity contribution in [1.82, 2.24) is 10.6 Å². The van der Waals surface area contributed by atoms with Crippen LogP contribution in [0, 0.1) is 5.92 Å². The molecular weight excluding hydrogens is 220 g/mol. The van der Waals surface area contributed by atoms with Crippen LogP contribution in [0.4, 0.5) is 0 Å². The van der Waals surface area contributed by atoms with Gasteiger partial charge in [0, 0.05) is 24.2 Å². The summed E-state index contributed by atoms with van der Waals surface area (Å²) in [5.41, 5.74) is 0.519. The monoisotopic (exact) mass is 250 g/mol. The number of hydrogen-bond donors (Lipinski definition) is 2. The Morgan fingerprint density at radius 2 is 1.89 bits per heavy atom. The molecule has 0 aromatic rings. The van der Waals surface area contributed by atoms with E-state index < -0.39 is 0 Å². The Balaban J connectivity index is 1.46. The van der Waals surface area contributed by atoms with Gasteiger partial charge >= 0.3 is 0 Å². The lowest BCUT2D eigenvalue weighted by Gasteiger charge is -2.45. The first kappa shape index (κ1) is 12.9. The van der Waals surface area contributed by atoms with Gasteiger partial charge in [-0.15, -0.1) is 0 Å². The third-order valence-corrected chi connectivity index (χ3v) is 5.96. The van der Waals surface area contributed by atoms with E-state index in [0.717, 1.165) is 18.0 Å². The normalized spacial score (nSPS) is 38.8. The highest BCUT2D eigenvalue weighted by Crippen LogP contribution is 2.35. The van der Waals surface area contributed by atoms with E-state index in [1.807, 2.05) is 0 Å². The molecule has 0 aromatic carbocycles. The van der Waals surface area contributed by atoms with Crippen LogP contribution in [-0.2, 0) is 0 Å². The SMILES string of the molecule is CCC1(NCC2CCC3CCCCC3N2)CCC1. The van der Waals surface area contributed by atoms with Gasteiger partial charge < -0.3 is 10.6 Å². The Labute approximate surface area is 112 Å². The molecule has 0 radical (unpaired) electrons. The summed E-state index contributed by atoms with van der Waals surface area (Å²) in [5, 5.41) is 7.82. The molecular formula is C16H30N2. The minimum atomic E-state index is 0.519. The standard InChI is InChI=1S/C16H30N2/c1-2-16(10-5-11-16)17-12-14-9-8-13-6-3-4-7-15(13)18-14/h13-15,17-18H,2-12H2,1H3. The van der Waals surface area contributed by atoms with Gasteiger partial charge in [-0.3, -0.25) is 0 Å². The number of piperidine rings is 1. The Morgan fingerprint density at radius 1 is 1.06 bits per heavy atom. The molecule has 104 valence electrons. The van der Waals surface area contributed by atoms with Crippen molar-refractivity contribution in [3.8, 4) is 0 Å². The molecule has 2 heteroatoms. The van der Waals surface area contributed by atoms with Gasteiger partial charge in [-0.05, 0) is 57.3 Å². The molecule has 0 amide bonds. The lowest BCUT2D eigenvalue weighted by Crippen LogP contribution is -2.58. The summed E-state index contributed by atoms with van der Waals surface area (Å²) in [7, 11) is 0. The predicted octanol–water partition coefficient (Wildman–Crippen LogP) is 3.22. The van der Waals surface area contributed by atoms with Gasteiger partial charge in [0.1, 0.15) is 0 Å². The van der Waals surface area contributed by atoms with Gasteiger partial charge in [0.25, 0.3) is 0 Å². The predicted molar refractivity (Wildman–Crippen MR) is 76.8 cm³/mol. The first-order valence-corrected chi connectivity index (χ1v) is 8.32. The molecule has 3 atom stereocenters. The smallest absolute Gasteiger partial charge is 0.0195 e. The van der Waals surface area contributed by atoms with Gasteiger partial charge in [0.15, 0.2) is 0 Å². The molecule has 1 aliphatic heterocycles. The van der Waals surface area contributed by atoms with Crippen molar-refractivity contribution in [1.29, 1.82) is 0 Å². The van der Waals surface area contributed by atoms with Crippen LogP contribution in [0.1, 0.15) is 71.1 Å². The zero-order chi connectivity index (χ0) is 12.4. The second-order valence-corrected chi connectivity index (χ2v) is 6.96. The van der Waals surface area contributed by atoms with E-state index >= 15 is 0 Å². The fraction of sp³-hybridized carbons (Fsp3) is 1.00. The Bertz CT molecular complexity index is 267. The van der Waals surface area contributed by atoms with Gasteiger partial charge in [-0.1, -0.05) is 19.8 Å². The van der Waals surface area contributed by atoms with Crippen molar-refractivity contribution in [3.05, 3.63) is 0 Å². The topological polar surface area (TPSA) is 24.1 Å². The molecule has 1 saturated heterocycles. The molecule has 3 rings (SSSR count). The summed E-state index contributed by atoms with van der Waals surface area (Å²) in [6.45, 7) is 3.55. The van der Waals surface area contributed by atoms with Crippen LogP contribution in [0.15, 0.2) is 0 Å². The number of rotatable bonds is 4. The highest BCUT2D eigenvalue weighted by Gasteiger charge is 2.36. The zero-order valence-electron chi connectivity index (χ0n) is 12.0. The average Bonchev–Trinajstić information content (AvgIpc) is 2.38. The van der Waals surface area contributed by atoms with E-state index in [9.17, 15) is 0 Å². The quantitative estimate of drug-likeness (QED) is 0.800. The zero-order valence-corrected chi connectivity index (χ0v) is 12.0. The second-order valence-electron chi connectivity index (χ2n) is 6.96. The molecule has 2 saturated carbocycles. The van der Waals surface area contributed by atoms with Crippen molar-refractivity contribution in [2.75, 3.05) is 6.54 Å². The lowest BCUT2D eigenvalue weighted by atomic mass is 9.74. The van der Waals surface area contributed by atoms with E-state index in [1.54, 1.807) is 0 Å². The van der Waals surface area contributed by atoms with Gasteiger partial charge in [-0.2, -0.15) is 0 Å². The maximum atomic E-state index is 3.94. The van der Waals surface area contributed by atoms with E-state index in [-0.39, 0.29) is 0 Å². The van der Waals surface area contributed by atoms with Crippen molar-refractivity contribution in [3.63, 3.8) is 0 Å². The number of nitrogens with one attached hydrogen (secondary N) is 2. The van der Waals surface area contributed by atoms with Crippen LogP contribution in [0.25, 0.3) is 0 Å². The van der Waals surface area contributed by atoms with Crippen LogP contribution < -0.4 is 10.6 Å². The van der Waals surface area contributed by atoms with E-state index in [0.29, 0.717) is 5.54 Å². The summed E-state index contributed by atoms with van der Waals surface area (Å²) < 4.78 is 0. The van der Waals surface area contributed by atoms with Crippen molar-refractivity contribution in [2.24, 2.45) is 5.92 Å². The van der Waals surface area contributed by atoms with Gasteiger partial charge in [-0.25, -0.2) is 0 Å². The minimum absolute atomic E-state index is 0.519. The highest BCUT2D eigenvalue weighted by atomic mass is 15.1. The van der Waals surface area contributed by atoms with Crippen molar-refractivity contribution < 1.29 is 0 Å². The Hall–Kier alpha value is -0.0800. The molecule has 1 heterocycles. The summed E-state index contributed by atoms with van der Waals surface area (Å²) in [6.07, 6.45) is 14.3. The molecule has 0 bridgehead atoms. The average molecular weight is 250 g/mol. The fourth-order valence-corrected chi connectivity index (χ4v) is 4.33. The van der Waals surface area contributed by atoms with E-state index in [1.165, 1.54) is 70.8 Å². The minimum Gasteiger partial charge on any atom is -0.310 e. The van der Waals surface area contributed by atoms with E-state index in [2.05, 4.69) is 17.6 Å². The van der Waals surface area contributed by atoms with Crippen LogP contribution >= 0.6 is 0 Å². The molecule has 3 unspecified atom stereocenters. The van der Waals surface area contributed by atoms with Crippen LogP contribution in [0.3, 0.4) is 0 Å². The first-order chi connectivity index (χ1) is 8.81. The first-order valence-electron chi connectivity index (χ1n) is 8.32. The maximum absolute atomic E-state index is 3.94. The maximum Gasteiger partial charge on any atom is 0.0195 e. The second kappa shape index (κ2) is 5.50. The largest absolute Gasteiger partial charge is 0.310 e. The molecule has 3 aliphatic rings.